The maximum Gasteiger partial charge on any atom is 0.219 e. The Kier molecular flexibility index (Phi) is 8.30. The van der Waals surface area contributed by atoms with Crippen molar-refractivity contribution < 1.29 is 9.53 Å². The molecular formula is C25H33N3O2. The second kappa shape index (κ2) is 11.4. The van der Waals surface area contributed by atoms with E-state index in [4.69, 9.17) is 9.72 Å². The third kappa shape index (κ3) is 6.09. The van der Waals surface area contributed by atoms with Crippen LogP contribution in [0.2, 0.25) is 0 Å². The highest BCUT2D eigenvalue weighted by molar-refractivity contribution is 5.76. The summed E-state index contributed by atoms with van der Waals surface area (Å²) in [5, 5.41) is 2.99. The van der Waals surface area contributed by atoms with Gasteiger partial charge in [0.15, 0.2) is 0 Å². The molecule has 1 heterocycles. The van der Waals surface area contributed by atoms with Gasteiger partial charge >= 0.3 is 0 Å². The molecule has 0 saturated carbocycles. The lowest BCUT2D eigenvalue weighted by molar-refractivity contribution is -0.121. The second-order valence-corrected chi connectivity index (χ2v) is 7.69. The minimum Gasteiger partial charge on any atom is -0.491 e. The Balaban J connectivity index is 1.54. The van der Waals surface area contributed by atoms with Crippen LogP contribution in [0.15, 0.2) is 48.5 Å². The summed E-state index contributed by atoms with van der Waals surface area (Å²) < 4.78 is 8.31. The monoisotopic (exact) mass is 407 g/mol. The molecule has 3 aromatic rings. The maximum atomic E-state index is 11.5. The van der Waals surface area contributed by atoms with Gasteiger partial charge in [-0.3, -0.25) is 4.79 Å². The summed E-state index contributed by atoms with van der Waals surface area (Å²) in [6.45, 7) is 6.24. The van der Waals surface area contributed by atoms with Gasteiger partial charge < -0.3 is 14.6 Å². The molecule has 5 heteroatoms. The highest BCUT2D eigenvalue weighted by Gasteiger charge is 2.10. The molecule has 0 fully saturated rings. The molecule has 30 heavy (non-hydrogen) atoms. The van der Waals surface area contributed by atoms with Crippen molar-refractivity contribution in [1.29, 1.82) is 0 Å². The van der Waals surface area contributed by atoms with Crippen LogP contribution >= 0.6 is 0 Å². The number of hydrogen-bond acceptors (Lipinski definition) is 3. The fourth-order valence-electron chi connectivity index (χ4n) is 3.66. The van der Waals surface area contributed by atoms with Crippen molar-refractivity contribution in [1.82, 2.24) is 14.9 Å². The quantitative estimate of drug-likeness (QED) is 0.427. The molecule has 2 aromatic carbocycles. The Labute approximate surface area is 179 Å². The molecule has 0 saturated heterocycles. The molecule has 1 N–H and O–H groups in total. The van der Waals surface area contributed by atoms with E-state index in [-0.39, 0.29) is 5.91 Å². The maximum absolute atomic E-state index is 11.5. The van der Waals surface area contributed by atoms with E-state index in [1.54, 1.807) is 0 Å². The highest BCUT2D eigenvalue weighted by Crippen LogP contribution is 2.19. The van der Waals surface area contributed by atoms with Crippen molar-refractivity contribution in [2.45, 2.75) is 58.9 Å². The normalized spacial score (nSPS) is 11.0. The molecule has 160 valence electrons. The van der Waals surface area contributed by atoms with Crippen LogP contribution in [0, 0.1) is 6.92 Å². The van der Waals surface area contributed by atoms with Crippen molar-refractivity contribution in [3.8, 4) is 5.75 Å². The lowest BCUT2D eigenvalue weighted by Gasteiger charge is -2.12. The number of unbranched alkanes of at least 4 members (excludes halogenated alkanes) is 2. The van der Waals surface area contributed by atoms with Gasteiger partial charge in [0, 0.05) is 19.4 Å². The predicted octanol–water partition coefficient (Wildman–Crippen LogP) is 5.05. The van der Waals surface area contributed by atoms with Crippen LogP contribution in [0.25, 0.3) is 11.0 Å². The lowest BCUT2D eigenvalue weighted by Crippen LogP contribution is -2.23. The van der Waals surface area contributed by atoms with E-state index >= 15 is 0 Å². The Hall–Kier alpha value is -2.82. The number of aryl methyl sites for hydroxylation is 2. The topological polar surface area (TPSA) is 56.2 Å². The molecule has 0 bridgehead atoms. The van der Waals surface area contributed by atoms with Crippen molar-refractivity contribution >= 4 is 16.9 Å². The van der Waals surface area contributed by atoms with E-state index in [9.17, 15) is 4.79 Å². The summed E-state index contributed by atoms with van der Waals surface area (Å²) in [6.07, 6.45) is 5.60. The third-order valence-electron chi connectivity index (χ3n) is 5.28. The first-order chi connectivity index (χ1) is 14.7. The molecule has 0 atom stereocenters. The molecule has 0 aliphatic heterocycles. The number of nitrogens with one attached hydrogen (secondary N) is 1. The van der Waals surface area contributed by atoms with Gasteiger partial charge in [0.1, 0.15) is 18.2 Å². The first-order valence-electron chi connectivity index (χ1n) is 11.1. The number of benzene rings is 2. The Morgan fingerprint density at radius 1 is 1.07 bits per heavy atom. The number of rotatable bonds is 12. The summed E-state index contributed by atoms with van der Waals surface area (Å²) in [4.78, 5) is 16.4. The van der Waals surface area contributed by atoms with Crippen LogP contribution in [0.5, 0.6) is 5.75 Å². The first-order valence-corrected chi connectivity index (χ1v) is 11.1. The van der Waals surface area contributed by atoms with Crippen LogP contribution in [0.4, 0.5) is 0 Å². The molecular weight excluding hydrogens is 374 g/mol. The zero-order valence-corrected chi connectivity index (χ0v) is 18.2. The Morgan fingerprint density at radius 3 is 2.70 bits per heavy atom. The summed E-state index contributed by atoms with van der Waals surface area (Å²) in [5.41, 5.74) is 3.35. The standard InChI is InChI=1S/C25H33N3O2/c1-3-11-25(29)26-17-10-4-5-16-24-27-21-13-7-8-14-22(21)28(24)18-19-30-23-15-9-6-12-20(23)2/h6-9,12-15H,3-5,10-11,16-19H2,1-2H3,(H,26,29). The molecule has 0 spiro atoms. The first kappa shape index (κ1) is 21.9. The van der Waals surface area contributed by atoms with Gasteiger partial charge in [-0.25, -0.2) is 4.98 Å². The van der Waals surface area contributed by atoms with Crippen LogP contribution in [0.1, 0.15) is 50.4 Å². The number of nitrogens with zero attached hydrogens (tertiary/aromatic N) is 2. The Morgan fingerprint density at radius 2 is 1.87 bits per heavy atom. The van der Waals surface area contributed by atoms with E-state index in [1.165, 1.54) is 0 Å². The van der Waals surface area contributed by atoms with Crippen LogP contribution in [0.3, 0.4) is 0 Å². The zero-order valence-electron chi connectivity index (χ0n) is 18.2. The fraction of sp³-hybridized carbons (Fsp3) is 0.440. The molecule has 0 aliphatic carbocycles. The summed E-state index contributed by atoms with van der Waals surface area (Å²) in [7, 11) is 0. The van der Waals surface area contributed by atoms with Gasteiger partial charge in [0.2, 0.25) is 5.91 Å². The summed E-state index contributed by atoms with van der Waals surface area (Å²) >= 11 is 0. The zero-order chi connectivity index (χ0) is 21.2. The van der Waals surface area contributed by atoms with Crippen LogP contribution in [-0.2, 0) is 17.8 Å². The number of para-hydroxylation sites is 3. The van der Waals surface area contributed by atoms with E-state index in [0.717, 1.165) is 73.4 Å². The number of imidazole rings is 1. The van der Waals surface area contributed by atoms with Crippen LogP contribution < -0.4 is 10.1 Å². The van der Waals surface area contributed by atoms with Crippen molar-refractivity contribution in [3.63, 3.8) is 0 Å². The van der Waals surface area contributed by atoms with E-state index in [1.807, 2.05) is 31.2 Å². The molecule has 1 amide bonds. The number of carbonyl (C=O) groups excluding carboxylic acids is 1. The number of hydrogen-bond donors (Lipinski definition) is 1. The number of ether oxygens (including phenoxy) is 1. The van der Waals surface area contributed by atoms with Crippen molar-refractivity contribution in [3.05, 3.63) is 59.9 Å². The van der Waals surface area contributed by atoms with Gasteiger partial charge in [-0.15, -0.1) is 0 Å². The molecule has 0 aliphatic rings. The average molecular weight is 408 g/mol. The van der Waals surface area contributed by atoms with Gasteiger partial charge in [-0.1, -0.05) is 43.7 Å². The second-order valence-electron chi connectivity index (χ2n) is 7.69. The number of aromatic nitrogens is 2. The number of fused-ring (bicyclic) bond motifs is 1. The molecule has 1 aromatic heterocycles. The lowest BCUT2D eigenvalue weighted by atomic mass is 10.2. The molecule has 3 rings (SSSR count). The summed E-state index contributed by atoms with van der Waals surface area (Å²) in [5.74, 6) is 2.21. The number of amides is 1. The largest absolute Gasteiger partial charge is 0.491 e. The summed E-state index contributed by atoms with van der Waals surface area (Å²) in [6, 6.07) is 16.4. The van der Waals surface area contributed by atoms with Crippen LogP contribution in [-0.4, -0.2) is 28.6 Å². The molecule has 0 unspecified atom stereocenters. The minimum absolute atomic E-state index is 0.160. The van der Waals surface area contributed by atoms with Gasteiger partial charge in [-0.2, -0.15) is 0 Å². The third-order valence-corrected chi connectivity index (χ3v) is 5.28. The molecule has 5 nitrogen and oxygen atoms in total. The SMILES string of the molecule is CCCC(=O)NCCCCCc1nc2ccccc2n1CCOc1ccccc1C. The van der Waals surface area contributed by atoms with Gasteiger partial charge in [0.25, 0.3) is 0 Å². The predicted molar refractivity (Wildman–Crippen MR) is 122 cm³/mol. The van der Waals surface area contributed by atoms with Gasteiger partial charge in [0.05, 0.1) is 17.6 Å². The van der Waals surface area contributed by atoms with E-state index in [0.29, 0.717) is 13.0 Å². The van der Waals surface area contributed by atoms with Crippen molar-refractivity contribution in [2.24, 2.45) is 0 Å². The smallest absolute Gasteiger partial charge is 0.219 e. The van der Waals surface area contributed by atoms with E-state index < -0.39 is 0 Å². The minimum atomic E-state index is 0.160. The van der Waals surface area contributed by atoms with E-state index in [2.05, 4.69) is 41.1 Å². The highest BCUT2D eigenvalue weighted by atomic mass is 16.5. The van der Waals surface area contributed by atoms with Crippen molar-refractivity contribution in [2.75, 3.05) is 13.2 Å². The fourth-order valence-corrected chi connectivity index (χ4v) is 3.66. The average Bonchev–Trinajstić information content (AvgIpc) is 3.10. The Bertz CT molecular complexity index is 948. The van der Waals surface area contributed by atoms with Gasteiger partial charge in [-0.05, 0) is 49.9 Å². The molecule has 0 radical (unpaired) electrons. The number of carbonyl (C=O) groups is 1.